The van der Waals surface area contributed by atoms with Crippen LogP contribution >= 0.6 is 0 Å². The van der Waals surface area contributed by atoms with Crippen molar-refractivity contribution in [2.24, 2.45) is 10.9 Å². The van der Waals surface area contributed by atoms with Gasteiger partial charge in [0.1, 0.15) is 17.3 Å². The molecule has 158 valence electrons. The van der Waals surface area contributed by atoms with Crippen LogP contribution in [0.1, 0.15) is 32.3 Å². The monoisotopic (exact) mass is 406 g/mol. The van der Waals surface area contributed by atoms with Crippen molar-refractivity contribution in [1.29, 1.82) is 0 Å². The minimum Gasteiger partial charge on any atom is -0.454 e. The first-order valence-corrected chi connectivity index (χ1v) is 10.6. The molecule has 0 radical (unpaired) electrons. The maximum atomic E-state index is 12.2. The van der Waals surface area contributed by atoms with E-state index in [-0.39, 0.29) is 11.8 Å². The van der Waals surface area contributed by atoms with Gasteiger partial charge in [0.05, 0.1) is 5.56 Å². The average Bonchev–Trinajstić information content (AvgIpc) is 2.90. The number of ether oxygens (including phenoxy) is 1. The average molecular weight is 407 g/mol. The van der Waals surface area contributed by atoms with E-state index in [2.05, 4.69) is 29.2 Å². The van der Waals surface area contributed by atoms with E-state index in [1.54, 1.807) is 0 Å². The highest BCUT2D eigenvalue weighted by Crippen LogP contribution is 2.39. The molecule has 0 aromatic heterocycles. The molecule has 6 nitrogen and oxygen atoms in total. The minimum absolute atomic E-state index is 0.00179. The van der Waals surface area contributed by atoms with Gasteiger partial charge in [-0.15, -0.1) is 0 Å². The first-order valence-electron chi connectivity index (χ1n) is 10.6. The van der Waals surface area contributed by atoms with Crippen LogP contribution in [0.25, 0.3) is 0 Å². The molecular weight excluding hydrogens is 376 g/mol. The van der Waals surface area contributed by atoms with E-state index in [4.69, 9.17) is 9.73 Å². The Morgan fingerprint density at radius 2 is 1.87 bits per heavy atom. The largest absolute Gasteiger partial charge is 0.454 e. The van der Waals surface area contributed by atoms with Gasteiger partial charge in [-0.3, -0.25) is 4.79 Å². The lowest BCUT2D eigenvalue weighted by molar-refractivity contribution is -0.118. The van der Waals surface area contributed by atoms with Gasteiger partial charge in [-0.05, 0) is 57.3 Å². The number of anilines is 1. The summed E-state index contributed by atoms with van der Waals surface area (Å²) in [5, 5.41) is 3.00. The molecule has 2 aliphatic heterocycles. The number of para-hydroxylation sites is 2. The summed E-state index contributed by atoms with van der Waals surface area (Å²) in [4.78, 5) is 21.9. The molecular formula is C24H30N4O2. The lowest BCUT2D eigenvalue weighted by Gasteiger charge is -2.37. The van der Waals surface area contributed by atoms with Crippen LogP contribution in [-0.2, 0) is 4.79 Å². The lowest BCUT2D eigenvalue weighted by atomic mass is 10.0. The quantitative estimate of drug-likeness (QED) is 0.816. The zero-order valence-electron chi connectivity index (χ0n) is 18.2. The Labute approximate surface area is 178 Å². The number of amidine groups is 1. The molecule has 0 bridgehead atoms. The summed E-state index contributed by atoms with van der Waals surface area (Å²) in [6, 6.07) is 14.3. The van der Waals surface area contributed by atoms with E-state index in [1.807, 2.05) is 56.3 Å². The van der Waals surface area contributed by atoms with Gasteiger partial charge in [-0.2, -0.15) is 0 Å². The number of carbonyl (C=O) groups is 1. The van der Waals surface area contributed by atoms with Crippen LogP contribution in [0.2, 0.25) is 0 Å². The van der Waals surface area contributed by atoms with Crippen molar-refractivity contribution >= 4 is 23.1 Å². The molecule has 30 heavy (non-hydrogen) atoms. The number of fused-ring (bicyclic) bond motifs is 2. The van der Waals surface area contributed by atoms with Crippen molar-refractivity contribution < 1.29 is 9.53 Å². The minimum atomic E-state index is -0.0810. The lowest BCUT2D eigenvalue weighted by Crippen LogP contribution is -2.44. The summed E-state index contributed by atoms with van der Waals surface area (Å²) in [6.45, 7) is 5.65. The van der Waals surface area contributed by atoms with Gasteiger partial charge in [-0.1, -0.05) is 26.0 Å². The Balaban J connectivity index is 1.72. The van der Waals surface area contributed by atoms with Crippen LogP contribution in [0.15, 0.2) is 47.5 Å². The molecule has 0 unspecified atom stereocenters. The summed E-state index contributed by atoms with van der Waals surface area (Å²) >= 11 is 0. The van der Waals surface area contributed by atoms with Crippen molar-refractivity contribution in [2.45, 2.75) is 32.7 Å². The maximum absolute atomic E-state index is 12.2. The van der Waals surface area contributed by atoms with Crippen molar-refractivity contribution in [3.63, 3.8) is 0 Å². The van der Waals surface area contributed by atoms with Gasteiger partial charge in [0.15, 0.2) is 5.75 Å². The third-order valence-electron chi connectivity index (χ3n) is 5.82. The summed E-state index contributed by atoms with van der Waals surface area (Å²) in [6.07, 6.45) is 2.18. The van der Waals surface area contributed by atoms with E-state index < -0.39 is 0 Å². The molecule has 0 saturated carbocycles. The third-order valence-corrected chi connectivity index (χ3v) is 5.82. The normalized spacial score (nSPS) is 16.5. The Bertz CT molecular complexity index is 959. The Morgan fingerprint density at radius 3 is 2.57 bits per heavy atom. The van der Waals surface area contributed by atoms with Crippen molar-refractivity contribution in [3.8, 4) is 11.5 Å². The maximum Gasteiger partial charge on any atom is 0.226 e. The highest BCUT2D eigenvalue weighted by atomic mass is 16.5. The predicted molar refractivity (Wildman–Crippen MR) is 121 cm³/mol. The van der Waals surface area contributed by atoms with Crippen LogP contribution < -0.4 is 10.1 Å². The second kappa shape index (κ2) is 8.48. The molecule has 0 atom stereocenters. The fourth-order valence-corrected chi connectivity index (χ4v) is 3.92. The number of rotatable bonds is 3. The first-order chi connectivity index (χ1) is 14.4. The van der Waals surface area contributed by atoms with Crippen molar-refractivity contribution in [3.05, 3.63) is 48.0 Å². The predicted octanol–water partition coefficient (Wildman–Crippen LogP) is 4.49. The molecule has 1 fully saturated rings. The second-order valence-corrected chi connectivity index (χ2v) is 8.54. The number of piperidine rings is 1. The molecule has 2 aromatic rings. The highest BCUT2D eigenvalue weighted by Gasteiger charge is 2.27. The van der Waals surface area contributed by atoms with Crippen LogP contribution in [0.5, 0.6) is 11.5 Å². The van der Waals surface area contributed by atoms with Crippen LogP contribution in [-0.4, -0.2) is 54.8 Å². The van der Waals surface area contributed by atoms with E-state index in [1.165, 1.54) is 0 Å². The fourth-order valence-electron chi connectivity index (χ4n) is 3.92. The molecule has 1 N–H and O–H groups in total. The van der Waals surface area contributed by atoms with Crippen LogP contribution in [0.3, 0.4) is 0 Å². The summed E-state index contributed by atoms with van der Waals surface area (Å²) in [5.74, 6) is 2.33. The van der Waals surface area contributed by atoms with E-state index in [0.717, 1.165) is 60.2 Å². The Morgan fingerprint density at radius 1 is 1.13 bits per heavy atom. The number of aliphatic imine (C=N–C) groups is 1. The van der Waals surface area contributed by atoms with Gasteiger partial charge >= 0.3 is 0 Å². The molecule has 0 aliphatic carbocycles. The zero-order valence-corrected chi connectivity index (χ0v) is 18.2. The van der Waals surface area contributed by atoms with Gasteiger partial charge < -0.3 is 19.9 Å². The number of nitrogens with one attached hydrogen (secondary N) is 1. The molecule has 2 aromatic carbocycles. The van der Waals surface area contributed by atoms with Crippen molar-refractivity contribution in [1.82, 2.24) is 9.80 Å². The number of carbonyl (C=O) groups excluding carboxylic acids is 1. The van der Waals surface area contributed by atoms with E-state index in [9.17, 15) is 4.79 Å². The number of amides is 1. The van der Waals surface area contributed by atoms with E-state index in [0.29, 0.717) is 6.04 Å². The van der Waals surface area contributed by atoms with E-state index >= 15 is 0 Å². The first kappa shape index (κ1) is 20.4. The van der Waals surface area contributed by atoms with Crippen LogP contribution in [0, 0.1) is 5.92 Å². The number of benzene rings is 2. The number of likely N-dealkylation sites (tertiary alicyclic amines) is 1. The molecule has 0 spiro atoms. The second-order valence-electron chi connectivity index (χ2n) is 8.54. The summed E-state index contributed by atoms with van der Waals surface area (Å²) < 4.78 is 6.23. The zero-order chi connectivity index (χ0) is 21.3. The van der Waals surface area contributed by atoms with Gasteiger partial charge in [0.2, 0.25) is 5.91 Å². The fraction of sp³-hybridized carbons (Fsp3) is 0.417. The Kier molecular flexibility index (Phi) is 5.77. The number of hydrogen-bond acceptors (Lipinski definition) is 5. The topological polar surface area (TPSA) is 57.2 Å². The molecule has 2 heterocycles. The Hall–Kier alpha value is -2.86. The van der Waals surface area contributed by atoms with Gasteiger partial charge in [0.25, 0.3) is 0 Å². The molecule has 6 heteroatoms. The molecule has 4 rings (SSSR count). The smallest absolute Gasteiger partial charge is 0.226 e. The summed E-state index contributed by atoms with van der Waals surface area (Å²) in [5.41, 5.74) is 2.50. The van der Waals surface area contributed by atoms with Crippen molar-refractivity contribution in [2.75, 3.05) is 32.5 Å². The highest BCUT2D eigenvalue weighted by molar-refractivity contribution is 6.05. The molecule has 1 amide bonds. The van der Waals surface area contributed by atoms with Crippen LogP contribution in [0.4, 0.5) is 11.4 Å². The third kappa shape index (κ3) is 4.19. The number of nitrogens with zero attached hydrogens (tertiary/aromatic N) is 3. The summed E-state index contributed by atoms with van der Waals surface area (Å²) in [7, 11) is 4.29. The van der Waals surface area contributed by atoms with Gasteiger partial charge in [0, 0.05) is 30.7 Å². The molecule has 2 aliphatic rings. The SMILES string of the molecule is CC(C)C(=O)Nc1ccc2c(c1)C(N1CCC(N(C)C)CC1)=Nc1ccccc1O2. The standard InChI is InChI=1S/C24H30N4O2/c1-16(2)24(29)25-17-9-10-21-19(15-17)23(26-20-7-5-6-8-22(20)30-21)28-13-11-18(12-14-28)27(3)4/h5-10,15-16,18H,11-14H2,1-4H3,(H,25,29). The van der Waals surface area contributed by atoms with Gasteiger partial charge in [-0.25, -0.2) is 4.99 Å². The molecule has 1 saturated heterocycles. The number of hydrogen-bond donors (Lipinski definition) is 1.